The highest BCUT2D eigenvalue weighted by Gasteiger charge is 2.25. The number of para-hydroxylation sites is 2. The van der Waals surface area contributed by atoms with Gasteiger partial charge in [-0.25, -0.2) is 0 Å². The van der Waals surface area contributed by atoms with Gasteiger partial charge in [-0.3, -0.25) is 0 Å². The van der Waals surface area contributed by atoms with Crippen molar-refractivity contribution in [3.8, 4) is 16.8 Å². The van der Waals surface area contributed by atoms with E-state index in [4.69, 9.17) is 4.42 Å². The lowest BCUT2D eigenvalue weighted by Gasteiger charge is -2.26. The first kappa shape index (κ1) is 26.6. The number of thiophene rings is 1. The van der Waals surface area contributed by atoms with Crippen LogP contribution in [0.2, 0.25) is 0 Å². The molecule has 0 radical (unpaired) electrons. The molecule has 232 valence electrons. The van der Waals surface area contributed by atoms with Crippen LogP contribution in [0.15, 0.2) is 162 Å². The molecule has 0 saturated heterocycles. The lowest BCUT2D eigenvalue weighted by Crippen LogP contribution is -2.10. The Balaban J connectivity index is 1.13. The Morgan fingerprint density at radius 2 is 1.16 bits per heavy atom. The van der Waals surface area contributed by atoms with Crippen molar-refractivity contribution in [1.82, 2.24) is 4.57 Å². The first-order valence-corrected chi connectivity index (χ1v) is 17.8. The third kappa shape index (κ3) is 3.43. The maximum absolute atomic E-state index is 6.36. The van der Waals surface area contributed by atoms with Crippen LogP contribution in [0.4, 0.5) is 17.1 Å². The van der Waals surface area contributed by atoms with Gasteiger partial charge in [0, 0.05) is 75.9 Å². The highest BCUT2D eigenvalue weighted by molar-refractivity contribution is 7.26. The Bertz CT molecular complexity index is 3220. The van der Waals surface area contributed by atoms with E-state index in [9.17, 15) is 0 Å². The van der Waals surface area contributed by atoms with Crippen LogP contribution in [0, 0.1) is 0 Å². The first-order valence-electron chi connectivity index (χ1n) is 17.0. The molecule has 3 heterocycles. The minimum absolute atomic E-state index is 0.881. The van der Waals surface area contributed by atoms with Crippen LogP contribution in [0.3, 0.4) is 0 Å². The molecule has 4 heteroatoms. The Labute approximate surface area is 290 Å². The molecule has 11 aromatic rings. The molecule has 0 aliphatic heterocycles. The van der Waals surface area contributed by atoms with Crippen LogP contribution < -0.4 is 4.90 Å². The Morgan fingerprint density at radius 3 is 2.10 bits per heavy atom. The average Bonchev–Trinajstić information content (AvgIpc) is 3.82. The molecule has 0 amide bonds. The minimum Gasteiger partial charge on any atom is -0.456 e. The maximum atomic E-state index is 6.36. The van der Waals surface area contributed by atoms with Gasteiger partial charge in [-0.05, 0) is 89.3 Å². The maximum Gasteiger partial charge on any atom is 0.137 e. The highest BCUT2D eigenvalue weighted by atomic mass is 32.1. The van der Waals surface area contributed by atoms with E-state index in [0.717, 1.165) is 44.7 Å². The van der Waals surface area contributed by atoms with E-state index >= 15 is 0 Å². The topological polar surface area (TPSA) is 21.3 Å². The molecule has 0 unspecified atom stereocenters. The summed E-state index contributed by atoms with van der Waals surface area (Å²) >= 11 is 1.90. The fourth-order valence-electron chi connectivity index (χ4n) is 8.65. The van der Waals surface area contributed by atoms with Gasteiger partial charge in [0.2, 0.25) is 0 Å². The summed E-state index contributed by atoms with van der Waals surface area (Å²) in [4.78, 5) is 2.33. The molecule has 0 fully saturated rings. The summed E-state index contributed by atoms with van der Waals surface area (Å²) in [5.41, 5.74) is 11.2. The van der Waals surface area contributed by atoms with Crippen LogP contribution >= 0.6 is 11.3 Å². The monoisotopic (exact) mass is 654 g/mol. The molecule has 1 aliphatic carbocycles. The van der Waals surface area contributed by atoms with Crippen molar-refractivity contribution in [2.24, 2.45) is 0 Å². The van der Waals surface area contributed by atoms with Gasteiger partial charge in [0.15, 0.2) is 0 Å². The molecule has 50 heavy (non-hydrogen) atoms. The van der Waals surface area contributed by atoms with E-state index in [1.165, 1.54) is 63.9 Å². The number of rotatable bonds is 4. The normalized spacial score (nSPS) is 12.4. The van der Waals surface area contributed by atoms with Gasteiger partial charge >= 0.3 is 0 Å². The van der Waals surface area contributed by atoms with E-state index in [0.29, 0.717) is 0 Å². The van der Waals surface area contributed by atoms with Crippen molar-refractivity contribution in [1.29, 1.82) is 0 Å². The second-order valence-corrected chi connectivity index (χ2v) is 14.4. The van der Waals surface area contributed by atoms with Crippen LogP contribution in [0.25, 0.3) is 91.5 Å². The third-order valence-corrected chi connectivity index (χ3v) is 11.8. The van der Waals surface area contributed by atoms with Crippen molar-refractivity contribution in [3.05, 3.63) is 158 Å². The van der Waals surface area contributed by atoms with Crippen molar-refractivity contribution < 1.29 is 4.42 Å². The predicted molar refractivity (Wildman–Crippen MR) is 212 cm³/mol. The molecule has 1 aliphatic rings. The highest BCUT2D eigenvalue weighted by Crippen LogP contribution is 2.52. The standard InChI is InChI=1S/C46H26N2OS/c1-2-9-28(10-3-1)47(31-21-22-33-32-13-4-5-17-38(32)49-39(33)26-31)29-11-6-12-30(25-29)48-36-16-7-14-34-35-15-8-18-40-44(35)46-41(50-40)24-20-27-19-23-37(48)45(42(27)46)43(34)36/h1-26H. The van der Waals surface area contributed by atoms with E-state index in [2.05, 4.69) is 155 Å². The van der Waals surface area contributed by atoms with E-state index in [1.54, 1.807) is 0 Å². The van der Waals surface area contributed by atoms with Crippen LogP contribution in [-0.4, -0.2) is 4.57 Å². The summed E-state index contributed by atoms with van der Waals surface area (Å²) < 4.78 is 11.5. The second-order valence-electron chi connectivity index (χ2n) is 13.3. The first-order chi connectivity index (χ1) is 24.8. The molecule has 0 N–H and O–H groups in total. The Kier molecular flexibility index (Phi) is 5.12. The second kappa shape index (κ2) is 9.63. The summed E-state index contributed by atoms with van der Waals surface area (Å²) in [5, 5.41) is 10.4. The summed E-state index contributed by atoms with van der Waals surface area (Å²) in [5.74, 6) is 0. The number of aromatic nitrogens is 1. The summed E-state index contributed by atoms with van der Waals surface area (Å²) in [7, 11) is 0. The van der Waals surface area contributed by atoms with Gasteiger partial charge < -0.3 is 13.9 Å². The van der Waals surface area contributed by atoms with Crippen molar-refractivity contribution >= 4 is 103 Å². The molecular formula is C46H26N2OS. The van der Waals surface area contributed by atoms with Crippen LogP contribution in [0.1, 0.15) is 0 Å². The molecule has 12 rings (SSSR count). The van der Waals surface area contributed by atoms with E-state index in [-0.39, 0.29) is 0 Å². The summed E-state index contributed by atoms with van der Waals surface area (Å²) in [6, 6.07) is 57.3. The van der Waals surface area contributed by atoms with Gasteiger partial charge in [0.1, 0.15) is 11.2 Å². The SMILES string of the molecule is c1ccc(N(c2cccc(-n3c4cccc5c4c4c6c(ccc7sc8cccc-5c8c76)ccc43)c2)c2ccc3c(c2)oc2ccccc23)cc1. The molecular weight excluding hydrogens is 629 g/mol. The molecule has 3 nitrogen and oxygen atoms in total. The largest absolute Gasteiger partial charge is 0.456 e. The van der Waals surface area contributed by atoms with Gasteiger partial charge in [-0.1, -0.05) is 78.9 Å². The quantitative estimate of drug-likeness (QED) is 0.188. The van der Waals surface area contributed by atoms with Gasteiger partial charge in [-0.2, -0.15) is 0 Å². The lowest BCUT2D eigenvalue weighted by molar-refractivity contribution is 0.669. The zero-order chi connectivity index (χ0) is 32.5. The molecule has 0 saturated carbocycles. The fourth-order valence-corrected chi connectivity index (χ4v) is 9.79. The van der Waals surface area contributed by atoms with Crippen molar-refractivity contribution in [2.45, 2.75) is 0 Å². The fraction of sp³-hybridized carbons (Fsp3) is 0. The number of hydrogen-bond donors (Lipinski definition) is 0. The number of anilines is 3. The molecule has 3 aromatic heterocycles. The van der Waals surface area contributed by atoms with E-state index in [1.807, 2.05) is 23.5 Å². The van der Waals surface area contributed by atoms with Crippen LogP contribution in [-0.2, 0) is 0 Å². The smallest absolute Gasteiger partial charge is 0.137 e. The number of nitrogens with zero attached hydrogens (tertiary/aromatic N) is 2. The van der Waals surface area contributed by atoms with E-state index < -0.39 is 0 Å². The minimum atomic E-state index is 0.881. The molecule has 0 atom stereocenters. The van der Waals surface area contributed by atoms with Gasteiger partial charge in [0.05, 0.1) is 11.0 Å². The Hall–Kier alpha value is -6.36. The number of furan rings is 1. The van der Waals surface area contributed by atoms with Gasteiger partial charge in [0.25, 0.3) is 0 Å². The number of benzene rings is 8. The van der Waals surface area contributed by atoms with Gasteiger partial charge in [-0.15, -0.1) is 11.3 Å². The Morgan fingerprint density at radius 1 is 0.440 bits per heavy atom. The predicted octanol–water partition coefficient (Wildman–Crippen LogP) is 13.7. The number of fused-ring (bicyclic) bond motifs is 4. The lowest BCUT2D eigenvalue weighted by atomic mass is 9.98. The van der Waals surface area contributed by atoms with Crippen molar-refractivity contribution in [2.75, 3.05) is 4.90 Å². The summed E-state index contributed by atoms with van der Waals surface area (Å²) in [6.45, 7) is 0. The third-order valence-electron chi connectivity index (χ3n) is 10.7. The average molecular weight is 655 g/mol. The molecule has 8 aromatic carbocycles. The van der Waals surface area contributed by atoms with Crippen LogP contribution in [0.5, 0.6) is 0 Å². The molecule has 0 spiro atoms. The molecule has 0 bridgehead atoms. The summed E-state index contributed by atoms with van der Waals surface area (Å²) in [6.07, 6.45) is 0. The van der Waals surface area contributed by atoms with Crippen molar-refractivity contribution in [3.63, 3.8) is 0 Å². The zero-order valence-corrected chi connectivity index (χ0v) is 27.5. The number of hydrogen-bond acceptors (Lipinski definition) is 3. The zero-order valence-electron chi connectivity index (χ0n) is 26.7.